The Bertz CT molecular complexity index is 841. The van der Waals surface area contributed by atoms with Crippen LogP contribution in [0, 0.1) is 11.8 Å². The summed E-state index contributed by atoms with van der Waals surface area (Å²) in [4.78, 5) is 30.8. The van der Waals surface area contributed by atoms with Crippen molar-refractivity contribution in [3.8, 4) is 5.75 Å². The molecular formula is C24H37N3O4S2. The van der Waals surface area contributed by atoms with Gasteiger partial charge in [0.15, 0.2) is 10.9 Å². The smallest absolute Gasteiger partial charge is 0.437 e. The number of carbonyl (C=O) groups is 2. The fraction of sp³-hybridized carbons (Fsp3) is 0.708. The van der Waals surface area contributed by atoms with Gasteiger partial charge in [0.25, 0.3) is 0 Å². The monoisotopic (exact) mass is 495 g/mol. The highest BCUT2D eigenvalue weighted by molar-refractivity contribution is 7.80. The minimum Gasteiger partial charge on any atom is -0.437 e. The van der Waals surface area contributed by atoms with Crippen LogP contribution in [0.15, 0.2) is 6.07 Å². The number of nitrogens with zero attached hydrogens (tertiary/aromatic N) is 2. The molecule has 2 fully saturated rings. The Kier molecular flexibility index (Phi) is 8.98. The van der Waals surface area contributed by atoms with Gasteiger partial charge in [-0.1, -0.05) is 6.92 Å². The summed E-state index contributed by atoms with van der Waals surface area (Å²) in [7, 11) is 3.14. The molecule has 1 aromatic heterocycles. The molecule has 1 amide bonds. The van der Waals surface area contributed by atoms with E-state index in [-0.39, 0.29) is 17.9 Å². The minimum absolute atomic E-state index is 0.0194. The molecule has 0 spiro atoms. The summed E-state index contributed by atoms with van der Waals surface area (Å²) in [5.74, 6) is 1.58. The molecular weight excluding hydrogens is 458 g/mol. The zero-order chi connectivity index (χ0) is 24.1. The molecule has 0 radical (unpaired) electrons. The second kappa shape index (κ2) is 11.5. The molecule has 1 saturated carbocycles. The first-order valence-corrected chi connectivity index (χ1v) is 13.2. The topological polar surface area (TPSA) is 71.1 Å². The van der Waals surface area contributed by atoms with Gasteiger partial charge < -0.3 is 19.7 Å². The van der Waals surface area contributed by atoms with Crippen molar-refractivity contribution >= 4 is 45.7 Å². The molecule has 1 aliphatic carbocycles. The quantitative estimate of drug-likeness (QED) is 0.448. The first-order valence-electron chi connectivity index (χ1n) is 11.9. The normalized spacial score (nSPS) is 21.6. The second-order valence-electron chi connectivity index (χ2n) is 9.45. The number of hydrogen-bond acceptors (Lipinski definition) is 6. The van der Waals surface area contributed by atoms with Gasteiger partial charge in [0.1, 0.15) is 5.00 Å². The average Bonchev–Trinajstić information content (AvgIpc) is 3.21. The molecule has 184 valence electrons. The van der Waals surface area contributed by atoms with E-state index in [9.17, 15) is 9.59 Å². The number of thiophene rings is 1. The lowest BCUT2D eigenvalue weighted by molar-refractivity contribution is -0.123. The maximum atomic E-state index is 13.6. The number of nitrogens with one attached hydrogen (secondary N) is 1. The van der Waals surface area contributed by atoms with Crippen LogP contribution in [0.4, 0.5) is 9.80 Å². The summed E-state index contributed by atoms with van der Waals surface area (Å²) in [6.07, 6.45) is 5.13. The maximum Gasteiger partial charge on any atom is 0.513 e. The third kappa shape index (κ3) is 6.18. The molecule has 1 N–H and O–H groups in total. The van der Waals surface area contributed by atoms with Crippen molar-refractivity contribution in [2.24, 2.45) is 11.8 Å². The molecule has 1 aromatic rings. The number of piperidine rings is 1. The van der Waals surface area contributed by atoms with Crippen molar-refractivity contribution in [1.29, 1.82) is 0 Å². The molecule has 0 bridgehead atoms. The Morgan fingerprint density at radius 1 is 1.18 bits per heavy atom. The van der Waals surface area contributed by atoms with E-state index in [1.54, 1.807) is 11.3 Å². The predicted molar refractivity (Wildman–Crippen MR) is 136 cm³/mol. The number of methoxy groups -OCH3 is 1. The van der Waals surface area contributed by atoms with E-state index in [1.165, 1.54) is 7.11 Å². The number of amides is 1. The lowest BCUT2D eigenvalue weighted by atomic mass is 9.82. The third-order valence-electron chi connectivity index (χ3n) is 6.79. The van der Waals surface area contributed by atoms with Crippen LogP contribution in [0.1, 0.15) is 70.1 Å². The number of carbonyl (C=O) groups excluding carboxylic acids is 2. The third-order valence-corrected chi connectivity index (χ3v) is 8.54. The number of thiocarbonyl (C=S) groups is 1. The van der Waals surface area contributed by atoms with Crippen LogP contribution in [-0.2, 0) is 9.53 Å². The van der Waals surface area contributed by atoms with Crippen molar-refractivity contribution in [1.82, 2.24) is 10.2 Å². The fourth-order valence-electron chi connectivity index (χ4n) is 4.77. The Hall–Kier alpha value is -1.87. The molecule has 0 aromatic carbocycles. The van der Waals surface area contributed by atoms with E-state index in [0.29, 0.717) is 22.6 Å². The first kappa shape index (κ1) is 25.7. The van der Waals surface area contributed by atoms with Crippen LogP contribution in [0.2, 0.25) is 0 Å². The first-order chi connectivity index (χ1) is 15.7. The summed E-state index contributed by atoms with van der Waals surface area (Å²) < 4.78 is 10.3. The van der Waals surface area contributed by atoms with Gasteiger partial charge in [0.2, 0.25) is 5.91 Å². The highest BCUT2D eigenvalue weighted by atomic mass is 32.1. The van der Waals surface area contributed by atoms with Crippen LogP contribution in [0.3, 0.4) is 0 Å². The minimum atomic E-state index is -0.766. The van der Waals surface area contributed by atoms with Gasteiger partial charge in [-0.3, -0.25) is 9.69 Å². The molecule has 0 unspecified atom stereocenters. The molecule has 9 heteroatoms. The zero-order valence-corrected chi connectivity index (χ0v) is 22.0. The second-order valence-corrected chi connectivity index (χ2v) is 10.9. The maximum absolute atomic E-state index is 13.6. The summed E-state index contributed by atoms with van der Waals surface area (Å²) >= 11 is 6.95. The molecule has 1 aliphatic heterocycles. The summed E-state index contributed by atoms with van der Waals surface area (Å²) in [6.45, 7) is 8.03. The van der Waals surface area contributed by atoms with Crippen molar-refractivity contribution < 1.29 is 19.1 Å². The Morgan fingerprint density at radius 2 is 1.82 bits per heavy atom. The number of rotatable bonds is 5. The van der Waals surface area contributed by atoms with Crippen LogP contribution < -0.4 is 15.0 Å². The van der Waals surface area contributed by atoms with Crippen LogP contribution in [0.5, 0.6) is 5.75 Å². The van der Waals surface area contributed by atoms with Crippen molar-refractivity contribution in [2.75, 3.05) is 32.1 Å². The van der Waals surface area contributed by atoms with Gasteiger partial charge in [-0.05, 0) is 82.5 Å². The molecule has 2 aliphatic rings. The molecule has 1 saturated heterocycles. The molecule has 33 heavy (non-hydrogen) atoms. The summed E-state index contributed by atoms with van der Waals surface area (Å²) in [6, 6.07) is 1.89. The Morgan fingerprint density at radius 3 is 2.36 bits per heavy atom. The van der Waals surface area contributed by atoms with Crippen LogP contribution in [0.25, 0.3) is 0 Å². The van der Waals surface area contributed by atoms with Crippen molar-refractivity contribution in [2.45, 2.75) is 71.3 Å². The Labute approximate surface area is 206 Å². The van der Waals surface area contributed by atoms with Crippen LogP contribution in [-0.4, -0.2) is 55.4 Å². The Balaban J connectivity index is 1.86. The number of likely N-dealkylation sites (tertiary alicyclic amines) is 1. The van der Waals surface area contributed by atoms with Gasteiger partial charge in [-0.25, -0.2) is 4.79 Å². The molecule has 3 rings (SSSR count). The largest absolute Gasteiger partial charge is 0.513 e. The zero-order valence-electron chi connectivity index (χ0n) is 20.4. The van der Waals surface area contributed by atoms with Gasteiger partial charge >= 0.3 is 6.16 Å². The van der Waals surface area contributed by atoms with E-state index < -0.39 is 6.16 Å². The van der Waals surface area contributed by atoms with Gasteiger partial charge in [-0.15, -0.1) is 11.3 Å². The molecule has 2 heterocycles. The summed E-state index contributed by atoms with van der Waals surface area (Å²) in [5.41, 5.74) is 0. The van der Waals surface area contributed by atoms with Crippen molar-refractivity contribution in [3.05, 3.63) is 10.9 Å². The van der Waals surface area contributed by atoms with Crippen LogP contribution >= 0.6 is 23.6 Å². The summed E-state index contributed by atoms with van der Waals surface area (Å²) in [5, 5.41) is 4.53. The van der Waals surface area contributed by atoms with Gasteiger partial charge in [0.05, 0.1) is 7.11 Å². The van der Waals surface area contributed by atoms with Gasteiger partial charge in [-0.2, -0.15) is 0 Å². The predicted octanol–water partition coefficient (Wildman–Crippen LogP) is 5.14. The lowest BCUT2D eigenvalue weighted by Crippen LogP contribution is -2.42. The van der Waals surface area contributed by atoms with E-state index in [1.807, 2.05) is 31.9 Å². The van der Waals surface area contributed by atoms with Gasteiger partial charge in [0, 0.05) is 37.0 Å². The number of ether oxygens (including phenoxy) is 2. The molecule has 7 nitrogen and oxygen atoms in total. The standard InChI is InChI=1S/C24H37N3O4S2/c1-15(2)27(21(28)18-8-6-16(3)7-9-18)22-19(31-24(29)30-5)14-20(33-22)17-10-12-26(13-11-17)23(32)25-4/h14-18H,6-13H2,1-5H3,(H,25,32). The SMILES string of the molecule is CNC(=S)N1CCC(c2cc(OC(=O)OC)c(N(C(=O)C3CCC(C)CC3)C(C)C)s2)CC1. The molecule has 0 atom stereocenters. The van der Waals surface area contributed by atoms with E-state index in [4.69, 9.17) is 21.7 Å². The van der Waals surface area contributed by atoms with E-state index in [2.05, 4.69) is 17.1 Å². The number of hydrogen-bond donors (Lipinski definition) is 1. The van der Waals surface area contributed by atoms with E-state index in [0.717, 1.165) is 61.6 Å². The average molecular weight is 496 g/mol. The van der Waals surface area contributed by atoms with Crippen molar-refractivity contribution in [3.63, 3.8) is 0 Å². The van der Waals surface area contributed by atoms with E-state index >= 15 is 0 Å². The number of anilines is 1. The lowest BCUT2D eigenvalue weighted by Gasteiger charge is -2.33. The highest BCUT2D eigenvalue weighted by Gasteiger charge is 2.34. The highest BCUT2D eigenvalue weighted by Crippen LogP contribution is 2.45. The fourth-order valence-corrected chi connectivity index (χ4v) is 6.35.